The van der Waals surface area contributed by atoms with Crippen molar-refractivity contribution in [2.24, 2.45) is 0 Å². The van der Waals surface area contributed by atoms with Crippen molar-refractivity contribution in [1.82, 2.24) is 15.1 Å². The SMILES string of the molecule is Cc1ccnn1-c1ccc(C(=O)OCC(=O)N[C@@H]2CCCc3ccccc32)cc1. The number of benzene rings is 2. The summed E-state index contributed by atoms with van der Waals surface area (Å²) in [6.45, 7) is 1.66. The Hall–Kier alpha value is -3.41. The number of aryl methyl sites for hydroxylation is 2. The van der Waals surface area contributed by atoms with Gasteiger partial charge >= 0.3 is 5.97 Å². The van der Waals surface area contributed by atoms with Crippen LogP contribution in [0, 0.1) is 6.92 Å². The third kappa shape index (κ3) is 4.21. The van der Waals surface area contributed by atoms with Gasteiger partial charge in [0.05, 0.1) is 17.3 Å². The van der Waals surface area contributed by atoms with Crippen LogP contribution in [0.3, 0.4) is 0 Å². The van der Waals surface area contributed by atoms with E-state index in [0.29, 0.717) is 5.56 Å². The van der Waals surface area contributed by atoms with Crippen LogP contribution in [0.1, 0.15) is 46.1 Å². The van der Waals surface area contributed by atoms with Gasteiger partial charge in [0.25, 0.3) is 5.91 Å². The molecule has 0 fully saturated rings. The van der Waals surface area contributed by atoms with Gasteiger partial charge in [-0.2, -0.15) is 5.10 Å². The summed E-state index contributed by atoms with van der Waals surface area (Å²) in [5.41, 5.74) is 4.69. The number of esters is 1. The van der Waals surface area contributed by atoms with Gasteiger partial charge in [0, 0.05) is 11.9 Å². The fourth-order valence-electron chi connectivity index (χ4n) is 3.73. The maximum absolute atomic E-state index is 12.3. The van der Waals surface area contributed by atoms with Crippen LogP contribution in [0.4, 0.5) is 0 Å². The van der Waals surface area contributed by atoms with E-state index in [9.17, 15) is 9.59 Å². The third-order valence-electron chi connectivity index (χ3n) is 5.22. The number of hydrogen-bond donors (Lipinski definition) is 1. The van der Waals surface area contributed by atoms with E-state index >= 15 is 0 Å². The Labute approximate surface area is 169 Å². The lowest BCUT2D eigenvalue weighted by Crippen LogP contribution is -2.34. The highest BCUT2D eigenvalue weighted by Crippen LogP contribution is 2.29. The number of nitrogens with one attached hydrogen (secondary N) is 1. The highest BCUT2D eigenvalue weighted by molar-refractivity contribution is 5.91. The Morgan fingerprint density at radius 2 is 1.93 bits per heavy atom. The first kappa shape index (κ1) is 18.9. The van der Waals surface area contributed by atoms with Crippen LogP contribution in [0.2, 0.25) is 0 Å². The lowest BCUT2D eigenvalue weighted by molar-refractivity contribution is -0.125. The lowest BCUT2D eigenvalue weighted by atomic mass is 9.88. The first-order valence-corrected chi connectivity index (χ1v) is 9.77. The lowest BCUT2D eigenvalue weighted by Gasteiger charge is -2.26. The van der Waals surface area contributed by atoms with Crippen LogP contribution in [0.25, 0.3) is 5.69 Å². The van der Waals surface area contributed by atoms with Gasteiger partial charge in [-0.25, -0.2) is 9.48 Å². The number of nitrogens with zero attached hydrogens (tertiary/aromatic N) is 2. The van der Waals surface area contributed by atoms with Gasteiger partial charge in [0.15, 0.2) is 6.61 Å². The molecular weight excluding hydrogens is 366 g/mol. The molecule has 1 aliphatic carbocycles. The first-order chi connectivity index (χ1) is 14.1. The summed E-state index contributed by atoms with van der Waals surface area (Å²) in [7, 11) is 0. The predicted molar refractivity (Wildman–Crippen MR) is 109 cm³/mol. The number of carbonyl (C=O) groups excluding carboxylic acids is 2. The maximum Gasteiger partial charge on any atom is 0.338 e. The average molecular weight is 389 g/mol. The number of carbonyl (C=O) groups is 2. The zero-order valence-electron chi connectivity index (χ0n) is 16.3. The molecule has 1 amide bonds. The second-order valence-electron chi connectivity index (χ2n) is 7.22. The third-order valence-corrected chi connectivity index (χ3v) is 5.22. The summed E-state index contributed by atoms with van der Waals surface area (Å²) in [4.78, 5) is 24.6. The first-order valence-electron chi connectivity index (χ1n) is 9.77. The molecule has 0 spiro atoms. The zero-order valence-corrected chi connectivity index (χ0v) is 16.3. The standard InChI is InChI=1S/C23H23N3O3/c1-16-13-14-24-26(16)19-11-9-18(10-12-19)23(28)29-15-22(27)25-21-8-4-6-17-5-2-3-7-20(17)21/h2-3,5,7,9-14,21H,4,6,8,15H2,1H3,(H,25,27)/t21-/m1/s1. The van der Waals surface area contributed by atoms with E-state index in [-0.39, 0.29) is 18.6 Å². The molecule has 1 aliphatic rings. The molecule has 1 aromatic heterocycles. The van der Waals surface area contributed by atoms with Crippen LogP contribution in [0.15, 0.2) is 60.8 Å². The molecule has 1 N–H and O–H groups in total. The normalized spacial score (nSPS) is 15.4. The largest absolute Gasteiger partial charge is 0.452 e. The maximum atomic E-state index is 12.3. The summed E-state index contributed by atoms with van der Waals surface area (Å²) in [6, 6.07) is 17.0. The zero-order chi connectivity index (χ0) is 20.2. The number of fused-ring (bicyclic) bond motifs is 1. The van der Waals surface area contributed by atoms with Crippen molar-refractivity contribution in [3.05, 3.63) is 83.2 Å². The molecule has 0 saturated heterocycles. The average Bonchev–Trinajstić information content (AvgIpc) is 3.18. The highest BCUT2D eigenvalue weighted by atomic mass is 16.5. The highest BCUT2D eigenvalue weighted by Gasteiger charge is 2.22. The fourth-order valence-corrected chi connectivity index (χ4v) is 3.73. The Morgan fingerprint density at radius 1 is 1.14 bits per heavy atom. The topological polar surface area (TPSA) is 73.2 Å². The van der Waals surface area contributed by atoms with Gasteiger partial charge in [0.1, 0.15) is 0 Å². The molecule has 0 bridgehead atoms. The molecule has 29 heavy (non-hydrogen) atoms. The molecule has 3 aromatic rings. The van der Waals surface area contributed by atoms with Gasteiger partial charge in [0.2, 0.25) is 0 Å². The van der Waals surface area contributed by atoms with Gasteiger partial charge < -0.3 is 10.1 Å². The minimum atomic E-state index is -0.520. The van der Waals surface area contributed by atoms with E-state index in [2.05, 4.69) is 16.5 Å². The van der Waals surface area contributed by atoms with Gasteiger partial charge in [-0.3, -0.25) is 4.79 Å². The van der Waals surface area contributed by atoms with Crippen molar-refractivity contribution < 1.29 is 14.3 Å². The molecule has 1 heterocycles. The van der Waals surface area contributed by atoms with E-state index in [0.717, 1.165) is 36.2 Å². The number of aromatic nitrogens is 2. The molecule has 0 saturated carbocycles. The summed E-state index contributed by atoms with van der Waals surface area (Å²) < 4.78 is 6.98. The smallest absolute Gasteiger partial charge is 0.338 e. The quantitative estimate of drug-likeness (QED) is 0.678. The molecule has 148 valence electrons. The van der Waals surface area contributed by atoms with Crippen molar-refractivity contribution in [2.75, 3.05) is 6.61 Å². The Kier molecular flexibility index (Phi) is 5.42. The Bertz CT molecular complexity index is 1020. The van der Waals surface area contributed by atoms with Crippen LogP contribution >= 0.6 is 0 Å². The van der Waals surface area contributed by atoms with E-state index in [1.165, 1.54) is 5.56 Å². The summed E-state index contributed by atoms with van der Waals surface area (Å²) in [6.07, 6.45) is 4.68. The van der Waals surface area contributed by atoms with Crippen LogP contribution < -0.4 is 5.32 Å². The van der Waals surface area contributed by atoms with Crippen molar-refractivity contribution in [2.45, 2.75) is 32.2 Å². The number of ether oxygens (including phenoxy) is 1. The molecule has 6 heteroatoms. The molecule has 0 aliphatic heterocycles. The van der Waals surface area contributed by atoms with Gasteiger partial charge in [-0.05, 0) is 67.6 Å². The minimum absolute atomic E-state index is 0.0252. The van der Waals surface area contributed by atoms with Crippen LogP contribution in [0.5, 0.6) is 0 Å². The molecule has 6 nitrogen and oxygen atoms in total. The van der Waals surface area contributed by atoms with Crippen LogP contribution in [-0.4, -0.2) is 28.3 Å². The number of amides is 1. The molecule has 0 unspecified atom stereocenters. The number of hydrogen-bond acceptors (Lipinski definition) is 4. The van der Waals surface area contributed by atoms with Crippen molar-refractivity contribution >= 4 is 11.9 Å². The van der Waals surface area contributed by atoms with Crippen molar-refractivity contribution in [3.8, 4) is 5.69 Å². The molecule has 2 aromatic carbocycles. The monoisotopic (exact) mass is 389 g/mol. The van der Waals surface area contributed by atoms with E-state index < -0.39 is 5.97 Å². The molecule has 1 atom stereocenters. The minimum Gasteiger partial charge on any atom is -0.452 e. The second-order valence-corrected chi connectivity index (χ2v) is 7.22. The van der Waals surface area contributed by atoms with E-state index in [4.69, 9.17) is 4.74 Å². The summed E-state index contributed by atoms with van der Waals surface area (Å²) in [5, 5.41) is 7.23. The van der Waals surface area contributed by atoms with Crippen LogP contribution in [-0.2, 0) is 16.0 Å². The molecule has 4 rings (SSSR count). The summed E-state index contributed by atoms with van der Waals surface area (Å²) in [5.74, 6) is -0.809. The van der Waals surface area contributed by atoms with Crippen molar-refractivity contribution in [3.63, 3.8) is 0 Å². The van der Waals surface area contributed by atoms with Crippen molar-refractivity contribution in [1.29, 1.82) is 0 Å². The second kappa shape index (κ2) is 8.31. The van der Waals surface area contributed by atoms with E-state index in [1.807, 2.05) is 31.2 Å². The van der Waals surface area contributed by atoms with E-state index in [1.54, 1.807) is 35.1 Å². The fraction of sp³-hybridized carbons (Fsp3) is 0.261. The Morgan fingerprint density at radius 3 is 2.69 bits per heavy atom. The summed E-state index contributed by atoms with van der Waals surface area (Å²) >= 11 is 0. The molecular formula is C23H23N3O3. The number of rotatable bonds is 5. The van der Waals surface area contributed by atoms with Gasteiger partial charge in [-0.15, -0.1) is 0 Å². The molecule has 0 radical (unpaired) electrons. The van der Waals surface area contributed by atoms with Gasteiger partial charge in [-0.1, -0.05) is 24.3 Å². The Balaban J connectivity index is 1.33. The predicted octanol–water partition coefficient (Wildman–Crippen LogP) is 3.53.